The van der Waals surface area contributed by atoms with E-state index in [1.54, 1.807) is 0 Å². The summed E-state index contributed by atoms with van der Waals surface area (Å²) in [5, 5.41) is 3.16. The molecule has 26 heavy (non-hydrogen) atoms. The van der Waals surface area contributed by atoms with Crippen molar-refractivity contribution in [3.8, 4) is 0 Å². The van der Waals surface area contributed by atoms with Gasteiger partial charge in [0.1, 0.15) is 0 Å². The Morgan fingerprint density at radius 3 is 1.92 bits per heavy atom. The fraction of sp³-hybridized carbons (Fsp3) is 0.435. The van der Waals surface area contributed by atoms with E-state index in [0.717, 1.165) is 30.0 Å². The smallest absolute Gasteiger partial charge is 0.318 e. The summed E-state index contributed by atoms with van der Waals surface area (Å²) < 4.78 is 0. The summed E-state index contributed by atoms with van der Waals surface area (Å²) in [5.41, 5.74) is 2.32. The SMILES string of the molecule is O=C(NCCC1CCCCC1)N(Cc1ccccc1)Cc1ccccc1. The highest BCUT2D eigenvalue weighted by atomic mass is 16.2. The van der Waals surface area contributed by atoms with Gasteiger partial charge in [0.25, 0.3) is 0 Å². The first-order chi connectivity index (χ1) is 12.8. The number of carbonyl (C=O) groups excluding carboxylic acids is 1. The van der Waals surface area contributed by atoms with Gasteiger partial charge >= 0.3 is 6.03 Å². The van der Waals surface area contributed by atoms with Crippen LogP contribution in [0.5, 0.6) is 0 Å². The lowest BCUT2D eigenvalue weighted by molar-refractivity contribution is 0.191. The van der Waals surface area contributed by atoms with Crippen LogP contribution in [0.3, 0.4) is 0 Å². The second-order valence-electron chi connectivity index (χ2n) is 7.35. The van der Waals surface area contributed by atoms with E-state index in [9.17, 15) is 4.79 Å². The second-order valence-corrected chi connectivity index (χ2v) is 7.35. The normalized spacial score (nSPS) is 14.8. The third-order valence-electron chi connectivity index (χ3n) is 5.27. The predicted molar refractivity (Wildman–Crippen MR) is 107 cm³/mol. The number of benzene rings is 2. The Morgan fingerprint density at radius 1 is 0.846 bits per heavy atom. The quantitative estimate of drug-likeness (QED) is 0.715. The van der Waals surface area contributed by atoms with Crippen LogP contribution in [0.4, 0.5) is 4.79 Å². The average molecular weight is 351 g/mol. The lowest BCUT2D eigenvalue weighted by Crippen LogP contribution is -2.40. The fourth-order valence-electron chi connectivity index (χ4n) is 3.78. The summed E-state index contributed by atoms with van der Waals surface area (Å²) in [4.78, 5) is 14.7. The zero-order chi connectivity index (χ0) is 18.0. The predicted octanol–water partition coefficient (Wildman–Crippen LogP) is 5.37. The molecule has 0 aromatic heterocycles. The number of carbonyl (C=O) groups is 1. The molecule has 0 unspecified atom stereocenters. The maximum absolute atomic E-state index is 12.8. The molecule has 0 heterocycles. The Morgan fingerprint density at radius 2 is 1.38 bits per heavy atom. The standard InChI is InChI=1S/C23H30N2O/c26-23(24-17-16-20-10-4-1-5-11-20)25(18-21-12-6-2-7-13-21)19-22-14-8-3-9-15-22/h2-3,6-9,12-15,20H,1,4-5,10-11,16-19H2,(H,24,26). The molecule has 138 valence electrons. The third-order valence-corrected chi connectivity index (χ3v) is 5.27. The van der Waals surface area contributed by atoms with Crippen LogP contribution < -0.4 is 5.32 Å². The molecule has 3 rings (SSSR count). The van der Waals surface area contributed by atoms with E-state index in [-0.39, 0.29) is 6.03 Å². The highest BCUT2D eigenvalue weighted by molar-refractivity contribution is 5.74. The number of amides is 2. The van der Waals surface area contributed by atoms with Crippen LogP contribution in [0.1, 0.15) is 49.7 Å². The first-order valence-corrected chi connectivity index (χ1v) is 9.92. The van der Waals surface area contributed by atoms with E-state index in [2.05, 4.69) is 29.6 Å². The molecule has 2 aromatic rings. The van der Waals surface area contributed by atoms with Gasteiger partial charge in [0.15, 0.2) is 0 Å². The molecular weight excluding hydrogens is 320 g/mol. The molecule has 0 bridgehead atoms. The molecule has 1 N–H and O–H groups in total. The van der Waals surface area contributed by atoms with Crippen molar-refractivity contribution in [1.29, 1.82) is 0 Å². The van der Waals surface area contributed by atoms with Gasteiger partial charge in [0, 0.05) is 19.6 Å². The first kappa shape index (κ1) is 18.5. The largest absolute Gasteiger partial charge is 0.338 e. The Labute approximate surface area is 157 Å². The maximum Gasteiger partial charge on any atom is 0.318 e. The lowest BCUT2D eigenvalue weighted by Gasteiger charge is -2.25. The van der Waals surface area contributed by atoms with Crippen molar-refractivity contribution in [3.05, 3.63) is 71.8 Å². The summed E-state index contributed by atoms with van der Waals surface area (Å²) in [5.74, 6) is 0.792. The van der Waals surface area contributed by atoms with E-state index in [0.29, 0.717) is 13.1 Å². The van der Waals surface area contributed by atoms with Gasteiger partial charge in [-0.25, -0.2) is 4.79 Å². The third kappa shape index (κ3) is 5.91. The van der Waals surface area contributed by atoms with Crippen LogP contribution in [0, 0.1) is 5.92 Å². The van der Waals surface area contributed by atoms with Crippen molar-refractivity contribution in [2.75, 3.05) is 6.54 Å². The molecule has 2 aromatic carbocycles. The molecule has 0 atom stereocenters. The molecule has 1 aliphatic carbocycles. The molecule has 2 amide bonds. The molecule has 1 fully saturated rings. The van der Waals surface area contributed by atoms with Crippen molar-refractivity contribution in [3.63, 3.8) is 0 Å². The molecule has 0 radical (unpaired) electrons. The monoisotopic (exact) mass is 350 g/mol. The van der Waals surface area contributed by atoms with Crippen molar-refractivity contribution >= 4 is 6.03 Å². The zero-order valence-electron chi connectivity index (χ0n) is 15.6. The van der Waals surface area contributed by atoms with Crippen LogP contribution in [-0.2, 0) is 13.1 Å². The first-order valence-electron chi connectivity index (χ1n) is 9.92. The Balaban J connectivity index is 1.57. The van der Waals surface area contributed by atoms with Crippen molar-refractivity contribution in [2.24, 2.45) is 5.92 Å². The molecule has 0 aliphatic heterocycles. The van der Waals surface area contributed by atoms with Gasteiger partial charge in [-0.1, -0.05) is 92.8 Å². The number of nitrogens with one attached hydrogen (secondary N) is 1. The van der Waals surface area contributed by atoms with Crippen LogP contribution in [0.2, 0.25) is 0 Å². The van der Waals surface area contributed by atoms with E-state index in [1.165, 1.54) is 32.1 Å². The second kappa shape index (κ2) is 10.0. The summed E-state index contributed by atoms with van der Waals surface area (Å²) in [7, 11) is 0. The summed E-state index contributed by atoms with van der Waals surface area (Å²) in [6.07, 6.45) is 7.85. The molecule has 3 heteroatoms. The summed E-state index contributed by atoms with van der Waals surface area (Å²) in [6, 6.07) is 20.5. The zero-order valence-corrected chi connectivity index (χ0v) is 15.6. The van der Waals surface area contributed by atoms with E-state index < -0.39 is 0 Å². The number of hydrogen-bond donors (Lipinski definition) is 1. The van der Waals surface area contributed by atoms with Crippen LogP contribution in [0.25, 0.3) is 0 Å². The van der Waals surface area contributed by atoms with Crippen molar-refractivity contribution in [2.45, 2.75) is 51.6 Å². The lowest BCUT2D eigenvalue weighted by atomic mass is 9.87. The molecule has 1 saturated carbocycles. The molecule has 0 spiro atoms. The topological polar surface area (TPSA) is 32.3 Å². The van der Waals surface area contributed by atoms with Crippen molar-refractivity contribution < 1.29 is 4.79 Å². The van der Waals surface area contributed by atoms with Gasteiger partial charge in [0.05, 0.1) is 0 Å². The van der Waals surface area contributed by atoms with Gasteiger partial charge < -0.3 is 10.2 Å². The maximum atomic E-state index is 12.8. The summed E-state index contributed by atoms with van der Waals surface area (Å²) in [6.45, 7) is 2.04. The minimum Gasteiger partial charge on any atom is -0.338 e. The number of nitrogens with zero attached hydrogens (tertiary/aromatic N) is 1. The van der Waals surface area contributed by atoms with Gasteiger partial charge in [-0.15, -0.1) is 0 Å². The molecule has 1 aliphatic rings. The van der Waals surface area contributed by atoms with Crippen LogP contribution >= 0.6 is 0 Å². The number of rotatable bonds is 7. The van der Waals surface area contributed by atoms with Gasteiger partial charge in [-0.3, -0.25) is 0 Å². The molecule has 3 nitrogen and oxygen atoms in total. The molecule has 0 saturated heterocycles. The van der Waals surface area contributed by atoms with E-state index >= 15 is 0 Å². The average Bonchev–Trinajstić information content (AvgIpc) is 2.70. The van der Waals surface area contributed by atoms with Crippen LogP contribution in [0.15, 0.2) is 60.7 Å². The number of hydrogen-bond acceptors (Lipinski definition) is 1. The number of urea groups is 1. The van der Waals surface area contributed by atoms with E-state index in [4.69, 9.17) is 0 Å². The Kier molecular flexibility index (Phi) is 7.12. The fourth-order valence-corrected chi connectivity index (χ4v) is 3.78. The van der Waals surface area contributed by atoms with Gasteiger partial charge in [0.2, 0.25) is 0 Å². The van der Waals surface area contributed by atoms with Crippen molar-refractivity contribution in [1.82, 2.24) is 10.2 Å². The van der Waals surface area contributed by atoms with E-state index in [1.807, 2.05) is 41.3 Å². The van der Waals surface area contributed by atoms with Crippen LogP contribution in [-0.4, -0.2) is 17.5 Å². The van der Waals surface area contributed by atoms with Gasteiger partial charge in [-0.05, 0) is 23.5 Å². The Hall–Kier alpha value is -2.29. The minimum absolute atomic E-state index is 0.0357. The Bertz CT molecular complexity index is 609. The minimum atomic E-state index is 0.0357. The van der Waals surface area contributed by atoms with Gasteiger partial charge in [-0.2, -0.15) is 0 Å². The summed E-state index contributed by atoms with van der Waals surface area (Å²) >= 11 is 0. The molecular formula is C23H30N2O. The highest BCUT2D eigenvalue weighted by Gasteiger charge is 2.16. The highest BCUT2D eigenvalue weighted by Crippen LogP contribution is 2.25.